The molecule has 0 atom stereocenters. The molecule has 0 N–H and O–H groups in total. The maximum absolute atomic E-state index is 11.1. The van der Waals surface area contributed by atoms with Gasteiger partial charge in [-0.15, -0.1) is 5.11 Å². The van der Waals surface area contributed by atoms with Crippen molar-refractivity contribution >= 4 is 57.9 Å². The molecule has 0 saturated heterocycles. The molecular formula is C24H24MgN6O7. The Kier molecular flexibility index (Phi) is 15.3. The number of carbonyl (C=O) groups excluding carboxylic acids is 2. The van der Waals surface area contributed by atoms with Crippen LogP contribution in [0.25, 0.3) is 0 Å². The summed E-state index contributed by atoms with van der Waals surface area (Å²) in [7, 11) is 0. The van der Waals surface area contributed by atoms with Crippen molar-refractivity contribution in [2.24, 2.45) is 10.2 Å². The topological polar surface area (TPSA) is 208 Å². The van der Waals surface area contributed by atoms with E-state index >= 15 is 0 Å². The number of nitro groups is 1. The van der Waals surface area contributed by atoms with Crippen LogP contribution in [-0.4, -0.2) is 59.8 Å². The van der Waals surface area contributed by atoms with Gasteiger partial charge in [-0.1, -0.05) is 13.3 Å². The molecule has 0 radical (unpaired) electrons. The predicted octanol–water partition coefficient (Wildman–Crippen LogP) is 2.40. The molecule has 0 aliphatic carbocycles. The standard InChI is InChI=1S/C23H24N6O4.CH2O3.Mg/c1-4-5-8-28(9-10-33-17(3)30)20-6-7-22(16(2)11-20)26-27-23-18(14-24)12-21(29(31)32)13-19(23)15-25;2-1(3)4;/h6-7,11-13H,4-5,8-10H2,1-3H3;(H2,2,3,4);/q;;+2/p-2. The first kappa shape index (κ1) is 33.7. The van der Waals surface area contributed by atoms with E-state index in [1.807, 2.05) is 31.2 Å². The number of rotatable bonds is 10. The second kappa shape index (κ2) is 17.2. The Hall–Kier alpha value is -4.27. The number of nitro benzene ring substituents is 1. The number of unbranched alkanes of at least 4 members (excludes halogenated alkanes) is 1. The van der Waals surface area contributed by atoms with Crippen molar-refractivity contribution in [3.8, 4) is 12.1 Å². The summed E-state index contributed by atoms with van der Waals surface area (Å²) in [5.74, 6) is -0.322. The van der Waals surface area contributed by atoms with Crippen LogP contribution in [-0.2, 0) is 9.53 Å². The fourth-order valence-corrected chi connectivity index (χ4v) is 3.07. The monoisotopic (exact) mass is 532 g/mol. The molecule has 0 aliphatic rings. The third-order valence-corrected chi connectivity index (χ3v) is 4.80. The summed E-state index contributed by atoms with van der Waals surface area (Å²) in [4.78, 5) is 31.9. The van der Waals surface area contributed by atoms with E-state index in [4.69, 9.17) is 19.7 Å². The van der Waals surface area contributed by atoms with Gasteiger partial charge in [0.25, 0.3) is 5.69 Å². The number of carbonyl (C=O) groups is 2. The Bertz CT molecular complexity index is 1210. The molecule has 13 nitrogen and oxygen atoms in total. The van der Waals surface area contributed by atoms with Crippen LogP contribution in [0.2, 0.25) is 0 Å². The van der Waals surface area contributed by atoms with Crippen molar-refractivity contribution in [2.45, 2.75) is 33.6 Å². The summed E-state index contributed by atoms with van der Waals surface area (Å²) < 4.78 is 5.07. The molecule has 0 saturated carbocycles. The molecule has 0 spiro atoms. The Morgan fingerprint density at radius 3 is 2.11 bits per heavy atom. The number of nitrogens with zero attached hydrogens (tertiary/aromatic N) is 6. The summed E-state index contributed by atoms with van der Waals surface area (Å²) in [6, 6.07) is 11.4. The van der Waals surface area contributed by atoms with E-state index in [1.54, 1.807) is 6.07 Å². The van der Waals surface area contributed by atoms with Crippen molar-refractivity contribution in [3.63, 3.8) is 0 Å². The number of nitriles is 2. The van der Waals surface area contributed by atoms with Gasteiger partial charge in [-0.05, 0) is 43.3 Å². The summed E-state index contributed by atoms with van der Waals surface area (Å²) in [6.45, 7) is 6.97. The predicted molar refractivity (Wildman–Crippen MR) is 133 cm³/mol. The second-order valence-corrected chi connectivity index (χ2v) is 7.47. The SMILES string of the molecule is CCCCN(CCOC(C)=O)c1ccc(N=Nc2c(C#N)cc([N+](=O)[O-])cc2C#N)c(C)c1.O=C([O-])[O-].[Mg+2]. The van der Waals surface area contributed by atoms with E-state index in [0.717, 1.165) is 42.8 Å². The smallest absolute Gasteiger partial charge is 0.652 e. The van der Waals surface area contributed by atoms with Gasteiger partial charge >= 0.3 is 29.0 Å². The second-order valence-electron chi connectivity index (χ2n) is 7.47. The van der Waals surface area contributed by atoms with Gasteiger partial charge in [-0.2, -0.15) is 15.6 Å². The van der Waals surface area contributed by atoms with Crippen LogP contribution < -0.4 is 15.1 Å². The zero-order chi connectivity index (χ0) is 28.0. The third kappa shape index (κ3) is 11.2. The number of benzene rings is 2. The first-order valence-corrected chi connectivity index (χ1v) is 10.9. The maximum Gasteiger partial charge on any atom is 2.00 e. The summed E-state index contributed by atoms with van der Waals surface area (Å²) in [6.07, 6.45) is -0.332. The van der Waals surface area contributed by atoms with Gasteiger partial charge in [0, 0.05) is 31.3 Å². The van der Waals surface area contributed by atoms with Gasteiger partial charge < -0.3 is 24.6 Å². The molecule has 0 heterocycles. The van der Waals surface area contributed by atoms with E-state index < -0.39 is 11.1 Å². The first-order chi connectivity index (χ1) is 17.5. The van der Waals surface area contributed by atoms with E-state index in [-0.39, 0.29) is 58.1 Å². The number of carboxylic acid groups (broad SMARTS) is 2. The van der Waals surface area contributed by atoms with Crippen LogP contribution in [0.3, 0.4) is 0 Å². The maximum atomic E-state index is 11.1. The Morgan fingerprint density at radius 1 is 1.08 bits per heavy atom. The van der Waals surface area contributed by atoms with Crippen molar-refractivity contribution in [1.29, 1.82) is 10.5 Å². The van der Waals surface area contributed by atoms with Crippen molar-refractivity contribution in [2.75, 3.05) is 24.6 Å². The summed E-state index contributed by atoms with van der Waals surface area (Å²) in [5.41, 5.74) is 1.70. The number of hydrogen-bond acceptors (Lipinski definition) is 12. The first-order valence-electron chi connectivity index (χ1n) is 10.9. The van der Waals surface area contributed by atoms with Crippen molar-refractivity contribution in [3.05, 3.63) is 57.1 Å². The number of non-ortho nitro benzene ring substituents is 1. The summed E-state index contributed by atoms with van der Waals surface area (Å²) >= 11 is 0. The van der Waals surface area contributed by atoms with E-state index in [2.05, 4.69) is 22.1 Å². The van der Waals surface area contributed by atoms with Crippen molar-refractivity contribution < 1.29 is 29.5 Å². The molecule has 194 valence electrons. The Morgan fingerprint density at radius 2 is 1.66 bits per heavy atom. The Labute approximate surface area is 235 Å². The molecule has 14 heteroatoms. The number of azo groups is 1. The van der Waals surface area contributed by atoms with Crippen molar-refractivity contribution in [1.82, 2.24) is 0 Å². The fourth-order valence-electron chi connectivity index (χ4n) is 3.07. The molecule has 0 aromatic heterocycles. The molecule has 0 bridgehead atoms. The van der Waals surface area contributed by atoms with Gasteiger partial charge in [0.15, 0.2) is 0 Å². The van der Waals surface area contributed by atoms with Crippen LogP contribution in [0.4, 0.5) is 27.5 Å². The van der Waals surface area contributed by atoms with Crippen LogP contribution in [0.15, 0.2) is 40.6 Å². The minimum absolute atomic E-state index is 0. The Balaban J connectivity index is 0.00000255. The van der Waals surface area contributed by atoms with Crippen LogP contribution >= 0.6 is 0 Å². The third-order valence-electron chi connectivity index (χ3n) is 4.80. The molecule has 2 rings (SSSR count). The number of hydrogen-bond donors (Lipinski definition) is 0. The van der Waals surface area contributed by atoms with Gasteiger partial charge in [0.05, 0.1) is 28.3 Å². The molecule has 2 aromatic carbocycles. The zero-order valence-electron chi connectivity index (χ0n) is 21.2. The molecule has 0 aliphatic heterocycles. The minimum atomic E-state index is -2.33. The minimum Gasteiger partial charge on any atom is -0.652 e. The molecule has 38 heavy (non-hydrogen) atoms. The van der Waals surface area contributed by atoms with E-state index in [1.165, 1.54) is 6.92 Å². The number of esters is 1. The van der Waals surface area contributed by atoms with Gasteiger partial charge in [0.2, 0.25) is 0 Å². The normalized spacial score (nSPS) is 9.71. The number of ether oxygens (including phenoxy) is 1. The molecule has 0 unspecified atom stereocenters. The largest absolute Gasteiger partial charge is 2.00 e. The average Bonchev–Trinajstić information content (AvgIpc) is 2.84. The summed E-state index contributed by atoms with van der Waals surface area (Å²) in [5, 5.41) is 54.6. The quantitative estimate of drug-likeness (QED) is 0.143. The molecule has 2 aromatic rings. The molecule has 0 fully saturated rings. The zero-order valence-corrected chi connectivity index (χ0v) is 22.6. The van der Waals surface area contributed by atoms with Gasteiger partial charge in [0.1, 0.15) is 24.4 Å². The molecule has 0 amide bonds. The average molecular weight is 533 g/mol. The van der Waals surface area contributed by atoms with Crippen LogP contribution in [0, 0.1) is 39.7 Å². The van der Waals surface area contributed by atoms with Crippen LogP contribution in [0.1, 0.15) is 43.4 Å². The number of aryl methyl sites for hydroxylation is 1. The number of anilines is 1. The fraction of sp³-hybridized carbons (Fsp3) is 0.333. The molecular weight excluding hydrogens is 509 g/mol. The van der Waals surface area contributed by atoms with Crippen LogP contribution in [0.5, 0.6) is 0 Å². The van der Waals surface area contributed by atoms with E-state index in [0.29, 0.717) is 12.2 Å². The van der Waals surface area contributed by atoms with Gasteiger partial charge in [-0.3, -0.25) is 14.9 Å². The van der Waals surface area contributed by atoms with E-state index in [9.17, 15) is 25.4 Å². The van der Waals surface area contributed by atoms with Gasteiger partial charge in [-0.25, -0.2) is 0 Å².